The Balaban J connectivity index is 2.29. The van der Waals surface area contributed by atoms with Gasteiger partial charge in [-0.05, 0) is 31.2 Å². The summed E-state index contributed by atoms with van der Waals surface area (Å²) in [5, 5.41) is 0.705. The van der Waals surface area contributed by atoms with Crippen LogP contribution in [0.3, 0.4) is 0 Å². The highest BCUT2D eigenvalue weighted by atomic mass is 35.5. The summed E-state index contributed by atoms with van der Waals surface area (Å²) >= 11 is 5.97. The summed E-state index contributed by atoms with van der Waals surface area (Å²) in [6, 6.07) is 7.61. The molecule has 0 saturated heterocycles. The molecule has 1 aromatic carbocycles. The van der Waals surface area contributed by atoms with Crippen molar-refractivity contribution in [1.29, 1.82) is 0 Å². The first kappa shape index (κ1) is 14.8. The summed E-state index contributed by atoms with van der Waals surface area (Å²) in [5.74, 6) is 1.24. The first-order valence-corrected chi connectivity index (χ1v) is 7.71. The predicted molar refractivity (Wildman–Crippen MR) is 88.4 cm³/mol. The van der Waals surface area contributed by atoms with Crippen molar-refractivity contribution < 1.29 is 0 Å². The molecule has 0 fully saturated rings. The first-order chi connectivity index (χ1) is 10.6. The van der Waals surface area contributed by atoms with Gasteiger partial charge in [-0.15, -0.1) is 0 Å². The minimum Gasteiger partial charge on any atom is -0.337 e. The van der Waals surface area contributed by atoms with Crippen molar-refractivity contribution in [2.45, 2.75) is 26.7 Å². The molecule has 2 heterocycles. The lowest BCUT2D eigenvalue weighted by Gasteiger charge is -2.07. The molecule has 0 amide bonds. The average Bonchev–Trinajstić information content (AvgIpc) is 2.95. The number of nitrogens with one attached hydrogen (secondary N) is 1. The number of rotatable bonds is 3. The second kappa shape index (κ2) is 5.93. The molecule has 114 valence electrons. The maximum Gasteiger partial charge on any atom is 0.176 e. The van der Waals surface area contributed by atoms with Gasteiger partial charge in [0.1, 0.15) is 17.7 Å². The van der Waals surface area contributed by atoms with Crippen LogP contribution in [0.5, 0.6) is 0 Å². The van der Waals surface area contributed by atoms with Crippen LogP contribution in [-0.2, 0) is 0 Å². The number of imidazole rings is 1. The van der Waals surface area contributed by atoms with E-state index in [0.717, 1.165) is 22.7 Å². The molecule has 0 unspecified atom stereocenters. The maximum atomic E-state index is 5.97. The van der Waals surface area contributed by atoms with Crippen molar-refractivity contribution in [2.75, 3.05) is 6.54 Å². The van der Waals surface area contributed by atoms with Crippen LogP contribution in [0.15, 0.2) is 35.6 Å². The summed E-state index contributed by atoms with van der Waals surface area (Å²) in [5.41, 5.74) is 3.35. The van der Waals surface area contributed by atoms with E-state index in [4.69, 9.17) is 16.6 Å². The van der Waals surface area contributed by atoms with Crippen molar-refractivity contribution in [1.82, 2.24) is 19.5 Å². The average molecular weight is 316 g/mol. The molecule has 0 radical (unpaired) electrons. The lowest BCUT2D eigenvalue weighted by Crippen LogP contribution is -2.13. The summed E-state index contributed by atoms with van der Waals surface area (Å²) in [6.07, 6.45) is 1.75. The molecule has 0 aliphatic carbocycles. The Bertz CT molecular complexity index is 858. The van der Waals surface area contributed by atoms with E-state index in [1.165, 1.54) is 0 Å². The molecule has 5 nitrogen and oxygen atoms in total. The van der Waals surface area contributed by atoms with Crippen molar-refractivity contribution in [3.63, 3.8) is 0 Å². The Morgan fingerprint density at radius 3 is 2.64 bits per heavy atom. The predicted octanol–water partition coefficient (Wildman–Crippen LogP) is 3.45. The fraction of sp³-hybridized carbons (Fsp3) is 0.312. The standard InChI is InChI=1S/C16H18ClN5/c1-4-18-15-13-16(21-14(20-13)10(2)3)22(9-19-15)12-7-5-11(17)6-8-12/h5-10H,4H2,1-3H3,(H,20,21). The maximum absolute atomic E-state index is 5.97. The van der Waals surface area contributed by atoms with Gasteiger partial charge in [-0.3, -0.25) is 9.56 Å². The van der Waals surface area contributed by atoms with Crippen LogP contribution in [0.2, 0.25) is 5.02 Å². The third-order valence-corrected chi connectivity index (χ3v) is 3.66. The molecule has 0 atom stereocenters. The summed E-state index contributed by atoms with van der Waals surface area (Å²) in [7, 11) is 0. The molecule has 22 heavy (non-hydrogen) atoms. The molecule has 0 saturated carbocycles. The van der Waals surface area contributed by atoms with Gasteiger partial charge in [0, 0.05) is 23.2 Å². The third kappa shape index (κ3) is 2.64. The van der Waals surface area contributed by atoms with E-state index in [1.54, 1.807) is 6.33 Å². The van der Waals surface area contributed by atoms with Gasteiger partial charge in [0.15, 0.2) is 11.1 Å². The summed E-state index contributed by atoms with van der Waals surface area (Å²) in [4.78, 5) is 17.0. The Hall–Kier alpha value is -2.14. The number of hydrogen-bond acceptors (Lipinski definition) is 3. The van der Waals surface area contributed by atoms with Gasteiger partial charge in [-0.25, -0.2) is 9.97 Å². The number of H-pyrrole nitrogens is 1. The van der Waals surface area contributed by atoms with Crippen LogP contribution in [0.4, 0.5) is 0 Å². The molecule has 2 aromatic heterocycles. The number of halogens is 1. The fourth-order valence-corrected chi connectivity index (χ4v) is 2.40. The van der Waals surface area contributed by atoms with Crippen LogP contribution < -0.4 is 5.49 Å². The normalized spacial score (nSPS) is 12.5. The van der Waals surface area contributed by atoms with E-state index in [-0.39, 0.29) is 0 Å². The summed E-state index contributed by atoms with van der Waals surface area (Å²) < 4.78 is 1.95. The first-order valence-electron chi connectivity index (χ1n) is 7.34. The molecule has 0 aliphatic heterocycles. The van der Waals surface area contributed by atoms with Crippen LogP contribution >= 0.6 is 11.6 Å². The Labute approximate surface area is 133 Å². The van der Waals surface area contributed by atoms with E-state index in [1.807, 2.05) is 35.8 Å². The Kier molecular flexibility index (Phi) is 3.98. The van der Waals surface area contributed by atoms with Crippen molar-refractivity contribution in [3.8, 4) is 5.69 Å². The topological polar surface area (TPSA) is 58.9 Å². The molecule has 0 spiro atoms. The lowest BCUT2D eigenvalue weighted by atomic mass is 10.2. The molecule has 3 aromatic rings. The number of nitrogens with zero attached hydrogens (tertiary/aromatic N) is 4. The lowest BCUT2D eigenvalue weighted by molar-refractivity contribution is 0.797. The molecular formula is C16H18ClN5. The zero-order valence-electron chi connectivity index (χ0n) is 12.8. The van der Waals surface area contributed by atoms with E-state index in [2.05, 4.69) is 28.8 Å². The molecule has 0 bridgehead atoms. The zero-order valence-corrected chi connectivity index (χ0v) is 13.6. The third-order valence-electron chi connectivity index (χ3n) is 3.41. The zero-order chi connectivity index (χ0) is 15.7. The summed E-state index contributed by atoms with van der Waals surface area (Å²) in [6.45, 7) is 6.89. The van der Waals surface area contributed by atoms with E-state index >= 15 is 0 Å². The van der Waals surface area contributed by atoms with Gasteiger partial charge >= 0.3 is 0 Å². The molecule has 3 rings (SSSR count). The van der Waals surface area contributed by atoms with Crippen molar-refractivity contribution in [3.05, 3.63) is 46.9 Å². The van der Waals surface area contributed by atoms with Crippen LogP contribution in [-0.4, -0.2) is 26.1 Å². The van der Waals surface area contributed by atoms with E-state index < -0.39 is 0 Å². The largest absolute Gasteiger partial charge is 0.337 e. The SMILES string of the molecule is CCN=c1ncn(-c2ccc(Cl)cc2)c2nc(C(C)C)[nH]c12. The van der Waals surface area contributed by atoms with Crippen molar-refractivity contribution >= 4 is 22.8 Å². The quantitative estimate of drug-likeness (QED) is 0.804. The number of aromatic nitrogens is 4. The van der Waals surface area contributed by atoms with Gasteiger partial charge in [0.25, 0.3) is 0 Å². The molecule has 0 aliphatic rings. The highest BCUT2D eigenvalue weighted by Gasteiger charge is 2.12. The number of aromatic amines is 1. The minimum absolute atomic E-state index is 0.306. The van der Waals surface area contributed by atoms with Gasteiger partial charge in [0.2, 0.25) is 0 Å². The van der Waals surface area contributed by atoms with Gasteiger partial charge in [-0.2, -0.15) is 0 Å². The highest BCUT2D eigenvalue weighted by Crippen LogP contribution is 2.19. The minimum atomic E-state index is 0.306. The number of fused-ring (bicyclic) bond motifs is 1. The molecular weight excluding hydrogens is 298 g/mol. The Morgan fingerprint density at radius 2 is 2.00 bits per heavy atom. The highest BCUT2D eigenvalue weighted by molar-refractivity contribution is 6.30. The van der Waals surface area contributed by atoms with E-state index in [9.17, 15) is 0 Å². The second-order valence-electron chi connectivity index (χ2n) is 5.36. The van der Waals surface area contributed by atoms with E-state index in [0.29, 0.717) is 23.0 Å². The van der Waals surface area contributed by atoms with Crippen LogP contribution in [0.1, 0.15) is 32.5 Å². The smallest absolute Gasteiger partial charge is 0.176 e. The fourth-order valence-electron chi connectivity index (χ4n) is 2.28. The van der Waals surface area contributed by atoms with Crippen molar-refractivity contribution in [2.24, 2.45) is 4.99 Å². The Morgan fingerprint density at radius 1 is 1.27 bits per heavy atom. The monoisotopic (exact) mass is 315 g/mol. The van der Waals surface area contributed by atoms with Gasteiger partial charge in [-0.1, -0.05) is 25.4 Å². The number of benzene rings is 1. The van der Waals surface area contributed by atoms with Gasteiger partial charge < -0.3 is 4.98 Å². The molecule has 6 heteroatoms. The van der Waals surface area contributed by atoms with Gasteiger partial charge in [0.05, 0.1) is 0 Å². The molecule has 1 N–H and O–H groups in total. The number of hydrogen-bond donors (Lipinski definition) is 1. The van der Waals surface area contributed by atoms with Crippen LogP contribution in [0.25, 0.3) is 16.9 Å². The second-order valence-corrected chi connectivity index (χ2v) is 5.80. The van der Waals surface area contributed by atoms with Crippen LogP contribution in [0, 0.1) is 0 Å².